The average Bonchev–Trinajstić information content (AvgIpc) is 2.82. The fourth-order valence-electron chi connectivity index (χ4n) is 2.71. The molecule has 1 N–H and O–H groups in total. The molecule has 94 valence electrons. The van der Waals surface area contributed by atoms with Crippen LogP contribution in [0.15, 0.2) is 6.20 Å². The van der Waals surface area contributed by atoms with Gasteiger partial charge in [0.1, 0.15) is 11.9 Å². The summed E-state index contributed by atoms with van der Waals surface area (Å²) in [4.78, 5) is 4.43. The fraction of sp³-hybridized carbons (Fsp3) is 0.727. The molecule has 1 aromatic rings. The third-order valence-electron chi connectivity index (χ3n) is 3.65. The summed E-state index contributed by atoms with van der Waals surface area (Å²) < 4.78 is 24.8. The van der Waals surface area contributed by atoms with Crippen molar-refractivity contribution in [3.63, 3.8) is 0 Å². The van der Waals surface area contributed by atoms with Crippen molar-refractivity contribution in [1.29, 1.82) is 0 Å². The van der Waals surface area contributed by atoms with Crippen LogP contribution in [-0.4, -0.2) is 34.6 Å². The van der Waals surface area contributed by atoms with Crippen LogP contribution in [0.1, 0.15) is 42.8 Å². The predicted octanol–water partition coefficient (Wildman–Crippen LogP) is 0.612. The van der Waals surface area contributed by atoms with E-state index in [4.69, 9.17) is 0 Å². The minimum Gasteiger partial charge on any atom is -0.385 e. The lowest BCUT2D eigenvalue weighted by Gasteiger charge is -2.18. The second kappa shape index (κ2) is 3.81. The number of fused-ring (bicyclic) bond motifs is 1. The molecule has 5 nitrogen and oxygen atoms in total. The number of sulfone groups is 1. The van der Waals surface area contributed by atoms with Crippen molar-refractivity contribution in [2.75, 3.05) is 11.5 Å². The number of nitrogens with zero attached hydrogens (tertiary/aromatic N) is 2. The van der Waals surface area contributed by atoms with Gasteiger partial charge in [-0.25, -0.2) is 13.4 Å². The summed E-state index contributed by atoms with van der Waals surface area (Å²) in [5, 5.41) is 9.82. The van der Waals surface area contributed by atoms with Gasteiger partial charge in [-0.05, 0) is 19.3 Å². The van der Waals surface area contributed by atoms with E-state index in [1.165, 1.54) is 0 Å². The van der Waals surface area contributed by atoms with Crippen LogP contribution in [0.25, 0.3) is 0 Å². The van der Waals surface area contributed by atoms with E-state index in [9.17, 15) is 13.5 Å². The molecule has 3 rings (SSSR count). The highest BCUT2D eigenvalue weighted by atomic mass is 32.2. The molecule has 3 heterocycles. The van der Waals surface area contributed by atoms with Crippen LogP contribution < -0.4 is 0 Å². The molecule has 2 aliphatic rings. The lowest BCUT2D eigenvalue weighted by Crippen LogP contribution is -2.14. The maximum absolute atomic E-state index is 11.4. The molecule has 2 aliphatic heterocycles. The zero-order valence-corrected chi connectivity index (χ0v) is 10.4. The Morgan fingerprint density at radius 3 is 2.88 bits per heavy atom. The summed E-state index contributed by atoms with van der Waals surface area (Å²) in [5.41, 5.74) is 0.835. The molecule has 0 bridgehead atoms. The number of imidazole rings is 1. The van der Waals surface area contributed by atoms with E-state index < -0.39 is 15.9 Å². The van der Waals surface area contributed by atoms with E-state index in [1.54, 1.807) is 0 Å². The van der Waals surface area contributed by atoms with Gasteiger partial charge in [0.25, 0.3) is 0 Å². The van der Waals surface area contributed by atoms with Crippen LogP contribution in [0, 0.1) is 0 Å². The van der Waals surface area contributed by atoms with Gasteiger partial charge in [-0.2, -0.15) is 0 Å². The zero-order valence-electron chi connectivity index (χ0n) is 9.54. The summed E-state index contributed by atoms with van der Waals surface area (Å²) in [5.74, 6) is 1.20. The highest BCUT2D eigenvalue weighted by Gasteiger charge is 2.32. The Bertz CT molecular complexity index is 535. The van der Waals surface area contributed by atoms with E-state index in [0.29, 0.717) is 12.2 Å². The van der Waals surface area contributed by atoms with Crippen LogP contribution in [0.5, 0.6) is 0 Å². The van der Waals surface area contributed by atoms with Crippen LogP contribution in [0.4, 0.5) is 0 Å². The average molecular weight is 256 g/mol. The summed E-state index contributed by atoms with van der Waals surface area (Å²) >= 11 is 0. The minimum absolute atomic E-state index is 0.0188. The Labute approximate surface area is 100 Å². The number of aliphatic hydroxyl groups excluding tert-OH is 1. The third kappa shape index (κ3) is 1.99. The van der Waals surface area contributed by atoms with E-state index in [-0.39, 0.29) is 17.4 Å². The summed E-state index contributed by atoms with van der Waals surface area (Å²) in [6, 6.07) is 0. The molecule has 0 saturated carbocycles. The standard InChI is InChI=1S/C11H16N2O3S/c14-10-2-1-4-13-6-9(12-11(10)13)8-3-5-17(15,16)7-8/h6,8,10,14H,1-5,7H2. The van der Waals surface area contributed by atoms with E-state index >= 15 is 0 Å². The van der Waals surface area contributed by atoms with Crippen molar-refractivity contribution in [3.8, 4) is 0 Å². The normalized spacial score (nSPS) is 31.4. The molecule has 2 atom stereocenters. The van der Waals surface area contributed by atoms with Gasteiger partial charge >= 0.3 is 0 Å². The number of hydrogen-bond donors (Lipinski definition) is 1. The molecular formula is C11H16N2O3S. The van der Waals surface area contributed by atoms with E-state index in [2.05, 4.69) is 4.98 Å². The fourth-order valence-corrected chi connectivity index (χ4v) is 4.47. The minimum atomic E-state index is -2.87. The molecule has 0 aliphatic carbocycles. The molecule has 0 radical (unpaired) electrons. The molecule has 1 aromatic heterocycles. The number of hydrogen-bond acceptors (Lipinski definition) is 4. The van der Waals surface area contributed by atoms with Gasteiger partial charge < -0.3 is 9.67 Å². The number of aromatic nitrogens is 2. The largest absolute Gasteiger partial charge is 0.385 e. The number of rotatable bonds is 1. The van der Waals surface area contributed by atoms with Crippen LogP contribution >= 0.6 is 0 Å². The first-order valence-electron chi connectivity index (χ1n) is 6.00. The first-order valence-corrected chi connectivity index (χ1v) is 7.83. The van der Waals surface area contributed by atoms with Crippen molar-refractivity contribution in [3.05, 3.63) is 17.7 Å². The maximum Gasteiger partial charge on any atom is 0.151 e. The van der Waals surface area contributed by atoms with Gasteiger partial charge in [-0.15, -0.1) is 0 Å². The quantitative estimate of drug-likeness (QED) is 0.799. The third-order valence-corrected chi connectivity index (χ3v) is 5.42. The SMILES string of the molecule is O=S1(=O)CCC(c2cn3c(n2)C(O)CCC3)C1. The Balaban J connectivity index is 1.90. The lowest BCUT2D eigenvalue weighted by atomic mass is 10.1. The van der Waals surface area contributed by atoms with Gasteiger partial charge in [-0.1, -0.05) is 0 Å². The Morgan fingerprint density at radius 2 is 2.24 bits per heavy atom. The van der Waals surface area contributed by atoms with Gasteiger partial charge in [0.15, 0.2) is 9.84 Å². The van der Waals surface area contributed by atoms with E-state index in [0.717, 1.165) is 25.1 Å². The molecule has 0 aromatic carbocycles. The molecule has 1 fully saturated rings. The van der Waals surface area contributed by atoms with Gasteiger partial charge in [0.2, 0.25) is 0 Å². The van der Waals surface area contributed by atoms with Crippen molar-refractivity contribution in [2.24, 2.45) is 0 Å². The molecule has 6 heteroatoms. The molecule has 17 heavy (non-hydrogen) atoms. The Morgan fingerprint density at radius 1 is 1.41 bits per heavy atom. The number of aliphatic hydroxyl groups is 1. The predicted molar refractivity (Wildman–Crippen MR) is 62.4 cm³/mol. The van der Waals surface area contributed by atoms with Crippen molar-refractivity contribution < 1.29 is 13.5 Å². The van der Waals surface area contributed by atoms with Gasteiger partial charge in [0, 0.05) is 18.7 Å². The smallest absolute Gasteiger partial charge is 0.151 e. The Hall–Kier alpha value is -0.880. The second-order valence-corrected chi connectivity index (χ2v) is 7.20. The second-order valence-electron chi connectivity index (χ2n) is 4.98. The summed E-state index contributed by atoms with van der Waals surface area (Å²) in [6.07, 6.45) is 3.79. The van der Waals surface area contributed by atoms with Crippen molar-refractivity contribution >= 4 is 9.84 Å². The highest BCUT2D eigenvalue weighted by molar-refractivity contribution is 7.91. The van der Waals surface area contributed by atoms with Crippen molar-refractivity contribution in [1.82, 2.24) is 9.55 Å². The maximum atomic E-state index is 11.4. The van der Waals surface area contributed by atoms with Crippen LogP contribution in [0.2, 0.25) is 0 Å². The van der Waals surface area contributed by atoms with Crippen LogP contribution in [0.3, 0.4) is 0 Å². The summed E-state index contributed by atoms with van der Waals surface area (Å²) in [6.45, 7) is 0.874. The first-order chi connectivity index (χ1) is 8.05. The molecular weight excluding hydrogens is 240 g/mol. The zero-order chi connectivity index (χ0) is 12.0. The molecule has 1 saturated heterocycles. The van der Waals surface area contributed by atoms with Crippen LogP contribution in [-0.2, 0) is 16.4 Å². The van der Waals surface area contributed by atoms with Gasteiger partial charge in [0.05, 0.1) is 17.2 Å². The molecule has 0 spiro atoms. The van der Waals surface area contributed by atoms with Crippen molar-refractivity contribution in [2.45, 2.75) is 37.8 Å². The lowest BCUT2D eigenvalue weighted by molar-refractivity contribution is 0.133. The Kier molecular flexibility index (Phi) is 2.52. The highest BCUT2D eigenvalue weighted by Crippen LogP contribution is 2.31. The molecule has 2 unspecified atom stereocenters. The topological polar surface area (TPSA) is 72.2 Å². The number of aryl methyl sites for hydroxylation is 1. The van der Waals surface area contributed by atoms with E-state index in [1.807, 2.05) is 10.8 Å². The summed E-state index contributed by atoms with van der Waals surface area (Å²) in [7, 11) is -2.87. The van der Waals surface area contributed by atoms with Gasteiger partial charge in [-0.3, -0.25) is 0 Å². The first kappa shape index (κ1) is 11.2. The monoisotopic (exact) mass is 256 g/mol. The molecule has 0 amide bonds.